The molecule has 4 rings (SSSR count). The summed E-state index contributed by atoms with van der Waals surface area (Å²) in [5.74, 6) is 0.482. The van der Waals surface area contributed by atoms with Gasteiger partial charge in [-0.1, -0.05) is 30.3 Å². The van der Waals surface area contributed by atoms with Crippen molar-refractivity contribution < 1.29 is 17.7 Å². The molecule has 1 aliphatic carbocycles. The van der Waals surface area contributed by atoms with Gasteiger partial charge >= 0.3 is 0 Å². The number of aryl methyl sites for hydroxylation is 2. The molecule has 7 nitrogen and oxygen atoms in total. The van der Waals surface area contributed by atoms with E-state index in [1.807, 2.05) is 31.2 Å². The molecule has 1 aliphatic rings. The standard InChI is InChI=1S/C23H25N3O4S2/c1-4-16-7-5-6-8-19(16)26(3)32(28,29)21-14-12-18(31-21)11-13-20-22(15(2)25-30-20)24-23(27)17-9-10-17/h5-8,11-14,17H,4,9-10H2,1-3H3,(H,24,27)/b13-11+. The van der Waals surface area contributed by atoms with Crippen LogP contribution in [-0.2, 0) is 21.2 Å². The van der Waals surface area contributed by atoms with E-state index in [-0.39, 0.29) is 16.0 Å². The second-order valence-corrected chi connectivity index (χ2v) is 11.0. The second kappa shape index (κ2) is 8.91. The first-order valence-electron chi connectivity index (χ1n) is 10.4. The molecule has 1 fully saturated rings. The number of amides is 1. The summed E-state index contributed by atoms with van der Waals surface area (Å²) >= 11 is 1.17. The topological polar surface area (TPSA) is 92.5 Å². The summed E-state index contributed by atoms with van der Waals surface area (Å²) in [6.45, 7) is 3.77. The number of hydrogen-bond acceptors (Lipinski definition) is 6. The Morgan fingerprint density at radius 2 is 2.00 bits per heavy atom. The molecule has 0 unspecified atom stereocenters. The van der Waals surface area contributed by atoms with Crippen LogP contribution in [0.1, 0.15) is 41.7 Å². The van der Waals surface area contributed by atoms with Crippen molar-refractivity contribution >= 4 is 50.8 Å². The largest absolute Gasteiger partial charge is 0.354 e. The number of rotatable bonds is 8. The van der Waals surface area contributed by atoms with Crippen LogP contribution in [0, 0.1) is 12.8 Å². The van der Waals surface area contributed by atoms with E-state index in [1.54, 1.807) is 38.3 Å². The Morgan fingerprint density at radius 3 is 2.72 bits per heavy atom. The smallest absolute Gasteiger partial charge is 0.273 e. The number of hydrogen-bond donors (Lipinski definition) is 1. The van der Waals surface area contributed by atoms with E-state index in [1.165, 1.54) is 15.6 Å². The molecule has 0 radical (unpaired) electrons. The van der Waals surface area contributed by atoms with Crippen molar-refractivity contribution in [3.63, 3.8) is 0 Å². The third-order valence-electron chi connectivity index (χ3n) is 5.41. The van der Waals surface area contributed by atoms with Crippen molar-refractivity contribution in [2.24, 2.45) is 5.92 Å². The Bertz CT molecular complexity index is 1270. The van der Waals surface area contributed by atoms with Gasteiger partial charge in [0.05, 0.1) is 5.69 Å². The van der Waals surface area contributed by atoms with Crippen LogP contribution in [0.3, 0.4) is 0 Å². The van der Waals surface area contributed by atoms with E-state index in [0.29, 0.717) is 22.8 Å². The Labute approximate surface area is 191 Å². The number of sulfonamides is 1. The average Bonchev–Trinajstić information content (AvgIpc) is 3.44. The molecule has 32 heavy (non-hydrogen) atoms. The molecule has 1 amide bonds. The van der Waals surface area contributed by atoms with Gasteiger partial charge in [-0.05, 0) is 62.1 Å². The van der Waals surface area contributed by atoms with Crippen molar-refractivity contribution in [3.05, 3.63) is 58.3 Å². The fourth-order valence-electron chi connectivity index (χ4n) is 3.33. The van der Waals surface area contributed by atoms with Crippen molar-refractivity contribution in [3.8, 4) is 0 Å². The van der Waals surface area contributed by atoms with Crippen LogP contribution in [-0.4, -0.2) is 26.5 Å². The normalized spacial score (nSPS) is 14.1. The highest BCUT2D eigenvalue weighted by atomic mass is 32.2. The molecule has 9 heteroatoms. The molecule has 0 saturated heterocycles. The molecule has 0 spiro atoms. The molecule has 3 aromatic rings. The maximum absolute atomic E-state index is 13.2. The van der Waals surface area contributed by atoms with Gasteiger partial charge in [0, 0.05) is 17.8 Å². The molecule has 1 aromatic carbocycles. The Balaban J connectivity index is 1.54. The van der Waals surface area contributed by atoms with Crippen LogP contribution in [0.5, 0.6) is 0 Å². The first-order chi connectivity index (χ1) is 15.3. The number of para-hydroxylation sites is 1. The minimum absolute atomic E-state index is 0.0224. The Morgan fingerprint density at radius 1 is 1.25 bits per heavy atom. The van der Waals surface area contributed by atoms with Crippen molar-refractivity contribution in [1.82, 2.24) is 5.16 Å². The van der Waals surface area contributed by atoms with Crippen LogP contribution < -0.4 is 9.62 Å². The molecule has 1 saturated carbocycles. The molecule has 0 bridgehead atoms. The third kappa shape index (κ3) is 4.49. The van der Waals surface area contributed by atoms with Gasteiger partial charge < -0.3 is 9.84 Å². The van der Waals surface area contributed by atoms with E-state index < -0.39 is 10.0 Å². The fourth-order valence-corrected chi connectivity index (χ4v) is 5.96. The maximum atomic E-state index is 13.2. The number of thiophene rings is 1. The van der Waals surface area contributed by atoms with Gasteiger partial charge in [-0.2, -0.15) is 0 Å². The summed E-state index contributed by atoms with van der Waals surface area (Å²) in [4.78, 5) is 12.9. The monoisotopic (exact) mass is 471 g/mol. The van der Waals surface area contributed by atoms with E-state index in [2.05, 4.69) is 10.5 Å². The quantitative estimate of drug-likeness (QED) is 0.502. The first kappa shape index (κ1) is 22.3. The Hall–Kier alpha value is -2.91. The highest BCUT2D eigenvalue weighted by Crippen LogP contribution is 2.33. The molecule has 168 valence electrons. The molecule has 0 aliphatic heterocycles. The van der Waals surface area contributed by atoms with Gasteiger partial charge in [0.25, 0.3) is 10.0 Å². The zero-order chi connectivity index (χ0) is 22.9. The molecular formula is C23H25N3O4S2. The van der Waals surface area contributed by atoms with E-state index in [9.17, 15) is 13.2 Å². The van der Waals surface area contributed by atoms with Gasteiger partial charge in [0.15, 0.2) is 5.76 Å². The van der Waals surface area contributed by atoms with Gasteiger partial charge in [0.1, 0.15) is 15.6 Å². The summed E-state index contributed by atoms with van der Waals surface area (Å²) < 4.78 is 33.3. The summed E-state index contributed by atoms with van der Waals surface area (Å²) in [6, 6.07) is 10.8. The number of carbonyl (C=O) groups excluding carboxylic acids is 1. The number of aromatic nitrogens is 1. The van der Waals surface area contributed by atoms with Crippen LogP contribution in [0.25, 0.3) is 12.2 Å². The lowest BCUT2D eigenvalue weighted by Crippen LogP contribution is -2.26. The summed E-state index contributed by atoms with van der Waals surface area (Å²) in [5.41, 5.74) is 2.80. The molecule has 2 heterocycles. The number of carbonyl (C=O) groups is 1. The van der Waals surface area contributed by atoms with Crippen molar-refractivity contribution in [2.75, 3.05) is 16.7 Å². The minimum atomic E-state index is -3.68. The first-order valence-corrected chi connectivity index (χ1v) is 12.7. The summed E-state index contributed by atoms with van der Waals surface area (Å²) in [5, 5.41) is 6.82. The van der Waals surface area contributed by atoms with Crippen LogP contribution in [0.4, 0.5) is 11.4 Å². The van der Waals surface area contributed by atoms with Gasteiger partial charge in [0.2, 0.25) is 5.91 Å². The summed E-state index contributed by atoms with van der Waals surface area (Å²) in [6.07, 6.45) is 6.01. The van der Waals surface area contributed by atoms with Crippen molar-refractivity contribution in [2.45, 2.75) is 37.3 Å². The molecule has 1 N–H and O–H groups in total. The van der Waals surface area contributed by atoms with Crippen molar-refractivity contribution in [1.29, 1.82) is 0 Å². The number of anilines is 2. The van der Waals surface area contributed by atoms with E-state index in [0.717, 1.165) is 29.7 Å². The highest BCUT2D eigenvalue weighted by molar-refractivity contribution is 7.94. The lowest BCUT2D eigenvalue weighted by atomic mass is 10.1. The zero-order valence-corrected chi connectivity index (χ0v) is 19.8. The molecule has 2 aromatic heterocycles. The van der Waals surface area contributed by atoms with Crippen LogP contribution in [0.15, 0.2) is 45.1 Å². The predicted molar refractivity (Wildman–Crippen MR) is 127 cm³/mol. The lowest BCUT2D eigenvalue weighted by Gasteiger charge is -2.21. The average molecular weight is 472 g/mol. The number of nitrogens with zero attached hydrogens (tertiary/aromatic N) is 2. The predicted octanol–water partition coefficient (Wildman–Crippen LogP) is 4.95. The SMILES string of the molecule is CCc1ccccc1N(C)S(=O)(=O)c1ccc(/C=C/c2onc(C)c2NC(=O)C2CC2)s1. The third-order valence-corrected chi connectivity index (χ3v) is 8.70. The van der Waals surface area contributed by atoms with Crippen LogP contribution >= 0.6 is 11.3 Å². The lowest BCUT2D eigenvalue weighted by molar-refractivity contribution is -0.117. The summed E-state index contributed by atoms with van der Waals surface area (Å²) in [7, 11) is -2.11. The van der Waals surface area contributed by atoms with Gasteiger partial charge in [-0.25, -0.2) is 8.42 Å². The fraction of sp³-hybridized carbons (Fsp3) is 0.304. The van der Waals surface area contributed by atoms with E-state index in [4.69, 9.17) is 4.52 Å². The van der Waals surface area contributed by atoms with Gasteiger partial charge in [-0.3, -0.25) is 9.10 Å². The Kier molecular flexibility index (Phi) is 6.21. The van der Waals surface area contributed by atoms with E-state index >= 15 is 0 Å². The molecule has 0 atom stereocenters. The zero-order valence-electron chi connectivity index (χ0n) is 18.2. The highest BCUT2D eigenvalue weighted by Gasteiger charge is 2.31. The van der Waals surface area contributed by atoms with Crippen LogP contribution in [0.2, 0.25) is 0 Å². The minimum Gasteiger partial charge on any atom is -0.354 e. The second-order valence-electron chi connectivity index (χ2n) is 7.72. The molecular weight excluding hydrogens is 446 g/mol. The maximum Gasteiger partial charge on any atom is 0.273 e. The van der Waals surface area contributed by atoms with Gasteiger partial charge in [-0.15, -0.1) is 11.3 Å². The number of benzene rings is 1. The number of nitrogens with one attached hydrogen (secondary N) is 1.